The molecule has 1 aromatic carbocycles. The molecule has 1 heterocycles. The molecule has 0 fully saturated rings. The molecule has 0 aliphatic rings. The van der Waals surface area contributed by atoms with Crippen molar-refractivity contribution >= 4 is 33.0 Å². The number of carbonyl (C=O) groups is 1. The van der Waals surface area contributed by atoms with Gasteiger partial charge in [0.05, 0.1) is 10.4 Å². The fourth-order valence-electron chi connectivity index (χ4n) is 1.38. The van der Waals surface area contributed by atoms with Crippen molar-refractivity contribution in [2.24, 2.45) is 0 Å². The fraction of sp³-hybridized carbons (Fsp3) is 0.0833. The summed E-state index contributed by atoms with van der Waals surface area (Å²) in [6.07, 6.45) is -4.38. The van der Waals surface area contributed by atoms with Crippen molar-refractivity contribution in [3.8, 4) is 0 Å². The summed E-state index contributed by atoms with van der Waals surface area (Å²) in [5.41, 5.74) is -0.510. The first kappa shape index (κ1) is 13.3. The van der Waals surface area contributed by atoms with Crippen molar-refractivity contribution in [3.05, 3.63) is 56.2 Å². The Balaban J connectivity index is 2.28. The molecule has 0 atom stereocenters. The lowest BCUT2D eigenvalue weighted by Crippen LogP contribution is -2.06. The third kappa shape index (κ3) is 2.81. The minimum Gasteiger partial charge on any atom is -0.288 e. The number of benzene rings is 1. The van der Waals surface area contributed by atoms with Crippen molar-refractivity contribution < 1.29 is 18.0 Å². The van der Waals surface area contributed by atoms with Gasteiger partial charge in [-0.1, -0.05) is 12.1 Å². The van der Waals surface area contributed by atoms with Crippen LogP contribution in [0.25, 0.3) is 0 Å². The summed E-state index contributed by atoms with van der Waals surface area (Å²) >= 11 is 4.46. The average molecular weight is 335 g/mol. The molecule has 1 nitrogen and oxygen atoms in total. The predicted octanol–water partition coefficient (Wildman–Crippen LogP) is 4.76. The van der Waals surface area contributed by atoms with Crippen LogP contribution >= 0.6 is 27.3 Å². The number of ketones is 1. The largest absolute Gasteiger partial charge is 0.416 e. The molecular formula is C12H6BrF3OS. The highest BCUT2D eigenvalue weighted by atomic mass is 79.9. The summed E-state index contributed by atoms with van der Waals surface area (Å²) in [7, 11) is 0. The van der Waals surface area contributed by atoms with E-state index in [1.54, 1.807) is 11.4 Å². The second kappa shape index (κ2) is 4.85. The van der Waals surface area contributed by atoms with Crippen LogP contribution < -0.4 is 0 Å². The summed E-state index contributed by atoms with van der Waals surface area (Å²) in [4.78, 5) is 12.4. The molecule has 0 aliphatic heterocycles. The number of hydrogen-bond acceptors (Lipinski definition) is 2. The lowest BCUT2D eigenvalue weighted by molar-refractivity contribution is -0.137. The summed E-state index contributed by atoms with van der Waals surface area (Å²) < 4.78 is 37.9. The number of halogens is 4. The Morgan fingerprint density at radius 3 is 2.22 bits per heavy atom. The molecule has 0 saturated carbocycles. The van der Waals surface area contributed by atoms with E-state index in [1.807, 2.05) is 0 Å². The Hall–Kier alpha value is -1.14. The molecule has 0 saturated heterocycles. The van der Waals surface area contributed by atoms with E-state index in [9.17, 15) is 18.0 Å². The maximum Gasteiger partial charge on any atom is 0.416 e. The van der Waals surface area contributed by atoms with E-state index in [2.05, 4.69) is 15.9 Å². The Bertz CT molecular complexity index is 572. The standard InChI is InChI=1S/C12H6BrF3OS/c13-9-5-10(18-6-9)11(17)7-1-3-8(4-2-7)12(14,15)16/h1-6H. The minimum atomic E-state index is -4.38. The van der Waals surface area contributed by atoms with Crippen LogP contribution in [-0.2, 0) is 6.18 Å². The van der Waals surface area contributed by atoms with Crippen LogP contribution in [0.2, 0.25) is 0 Å². The molecule has 2 rings (SSSR count). The molecule has 0 aliphatic carbocycles. The van der Waals surface area contributed by atoms with Crippen LogP contribution in [0.5, 0.6) is 0 Å². The topological polar surface area (TPSA) is 17.1 Å². The Labute approximate surface area is 113 Å². The van der Waals surface area contributed by atoms with E-state index < -0.39 is 11.7 Å². The van der Waals surface area contributed by atoms with Crippen molar-refractivity contribution in [2.45, 2.75) is 6.18 Å². The van der Waals surface area contributed by atoms with Gasteiger partial charge in [-0.05, 0) is 34.1 Å². The number of hydrogen-bond donors (Lipinski definition) is 0. The highest BCUT2D eigenvalue weighted by Crippen LogP contribution is 2.30. The van der Waals surface area contributed by atoms with Gasteiger partial charge < -0.3 is 0 Å². The van der Waals surface area contributed by atoms with Gasteiger partial charge in [0, 0.05) is 15.4 Å². The molecule has 0 unspecified atom stereocenters. The Morgan fingerprint density at radius 1 is 1.17 bits per heavy atom. The monoisotopic (exact) mass is 334 g/mol. The van der Waals surface area contributed by atoms with Gasteiger partial charge in [0.25, 0.3) is 0 Å². The SMILES string of the molecule is O=C(c1ccc(C(F)(F)F)cc1)c1cc(Br)cs1. The minimum absolute atomic E-state index is 0.248. The maximum atomic E-state index is 12.4. The third-order valence-electron chi connectivity index (χ3n) is 2.27. The third-order valence-corrected chi connectivity index (χ3v) is 3.96. The summed E-state index contributed by atoms with van der Waals surface area (Å²) in [6, 6.07) is 5.86. The number of rotatable bonds is 2. The van der Waals surface area contributed by atoms with Gasteiger partial charge >= 0.3 is 6.18 Å². The molecule has 0 radical (unpaired) electrons. The van der Waals surface area contributed by atoms with Crippen LogP contribution in [0.1, 0.15) is 20.8 Å². The van der Waals surface area contributed by atoms with Crippen LogP contribution in [0, 0.1) is 0 Å². The predicted molar refractivity (Wildman–Crippen MR) is 66.9 cm³/mol. The maximum absolute atomic E-state index is 12.4. The van der Waals surface area contributed by atoms with Gasteiger partial charge in [-0.2, -0.15) is 13.2 Å². The summed E-state index contributed by atoms with van der Waals surface area (Å²) in [6.45, 7) is 0. The normalized spacial score (nSPS) is 11.6. The molecule has 0 amide bonds. The molecule has 1 aromatic heterocycles. The van der Waals surface area contributed by atoms with E-state index in [4.69, 9.17) is 0 Å². The Kier molecular flexibility index (Phi) is 3.59. The first-order valence-electron chi connectivity index (χ1n) is 4.84. The van der Waals surface area contributed by atoms with E-state index in [0.717, 1.165) is 16.6 Å². The van der Waals surface area contributed by atoms with Gasteiger partial charge in [0.2, 0.25) is 5.78 Å². The van der Waals surface area contributed by atoms with Crippen LogP contribution in [-0.4, -0.2) is 5.78 Å². The smallest absolute Gasteiger partial charge is 0.288 e. The second-order valence-corrected chi connectivity index (χ2v) is 5.36. The fourth-order valence-corrected chi connectivity index (χ4v) is 2.77. The zero-order valence-corrected chi connectivity index (χ0v) is 11.2. The van der Waals surface area contributed by atoms with Crippen molar-refractivity contribution in [2.75, 3.05) is 0 Å². The Morgan fingerprint density at radius 2 is 1.78 bits per heavy atom. The lowest BCUT2D eigenvalue weighted by atomic mass is 10.1. The molecule has 2 aromatic rings. The van der Waals surface area contributed by atoms with E-state index >= 15 is 0 Å². The van der Waals surface area contributed by atoms with Crippen molar-refractivity contribution in [1.82, 2.24) is 0 Å². The molecule has 18 heavy (non-hydrogen) atoms. The number of carbonyl (C=O) groups excluding carboxylic acids is 1. The highest BCUT2D eigenvalue weighted by Gasteiger charge is 2.30. The van der Waals surface area contributed by atoms with E-state index in [0.29, 0.717) is 4.88 Å². The highest BCUT2D eigenvalue weighted by molar-refractivity contribution is 9.10. The summed E-state index contributed by atoms with van der Waals surface area (Å²) in [5.74, 6) is -0.278. The molecular weight excluding hydrogens is 329 g/mol. The summed E-state index contributed by atoms with van der Waals surface area (Å²) in [5, 5.41) is 1.75. The lowest BCUT2D eigenvalue weighted by Gasteiger charge is -2.06. The number of alkyl halides is 3. The molecule has 0 spiro atoms. The second-order valence-electron chi connectivity index (χ2n) is 3.53. The zero-order chi connectivity index (χ0) is 13.3. The van der Waals surface area contributed by atoms with Crippen molar-refractivity contribution in [1.29, 1.82) is 0 Å². The van der Waals surface area contributed by atoms with Crippen LogP contribution in [0.15, 0.2) is 40.2 Å². The van der Waals surface area contributed by atoms with Crippen LogP contribution in [0.3, 0.4) is 0 Å². The van der Waals surface area contributed by atoms with E-state index in [-0.39, 0.29) is 11.3 Å². The average Bonchev–Trinajstić information content (AvgIpc) is 2.74. The van der Waals surface area contributed by atoms with Gasteiger partial charge in [-0.15, -0.1) is 11.3 Å². The first-order valence-corrected chi connectivity index (χ1v) is 6.51. The van der Waals surface area contributed by atoms with Gasteiger partial charge in [-0.3, -0.25) is 4.79 Å². The van der Waals surface area contributed by atoms with Gasteiger partial charge in [-0.25, -0.2) is 0 Å². The molecule has 6 heteroatoms. The molecule has 94 valence electrons. The van der Waals surface area contributed by atoms with E-state index in [1.165, 1.54) is 23.5 Å². The zero-order valence-electron chi connectivity index (χ0n) is 8.79. The quantitative estimate of drug-likeness (QED) is 0.723. The molecule has 0 N–H and O–H groups in total. The van der Waals surface area contributed by atoms with Crippen LogP contribution in [0.4, 0.5) is 13.2 Å². The van der Waals surface area contributed by atoms with Crippen molar-refractivity contribution in [3.63, 3.8) is 0 Å². The van der Waals surface area contributed by atoms with Gasteiger partial charge in [0.1, 0.15) is 0 Å². The first-order chi connectivity index (χ1) is 8.38. The number of thiophene rings is 1. The van der Waals surface area contributed by atoms with Gasteiger partial charge in [0.15, 0.2) is 0 Å². The molecule has 0 bridgehead atoms.